The summed E-state index contributed by atoms with van der Waals surface area (Å²) in [5.41, 5.74) is -0.526. The van der Waals surface area contributed by atoms with Crippen molar-refractivity contribution >= 4 is 22.7 Å². The van der Waals surface area contributed by atoms with Crippen LogP contribution in [0.1, 0.15) is 40.0 Å². The highest BCUT2D eigenvalue weighted by Crippen LogP contribution is 2.18. The van der Waals surface area contributed by atoms with Crippen molar-refractivity contribution in [3.05, 3.63) is 0 Å². The van der Waals surface area contributed by atoms with Crippen molar-refractivity contribution < 1.29 is 18.5 Å². The van der Waals surface area contributed by atoms with Gasteiger partial charge in [0.2, 0.25) is 5.91 Å². The van der Waals surface area contributed by atoms with Crippen LogP contribution in [0.3, 0.4) is 0 Å². The number of ether oxygens (including phenoxy) is 1. The van der Waals surface area contributed by atoms with Gasteiger partial charge in [-0.25, -0.2) is 0 Å². The Kier molecular flexibility index (Phi) is 5.31. The molecule has 18 heavy (non-hydrogen) atoms. The van der Waals surface area contributed by atoms with Gasteiger partial charge in [-0.2, -0.15) is 0 Å². The van der Waals surface area contributed by atoms with Gasteiger partial charge in [0.15, 0.2) is 0 Å². The number of carbonyl (C=O) groups is 2. The molecular formula is C12H21NO4S. The first-order chi connectivity index (χ1) is 8.26. The molecule has 5 nitrogen and oxygen atoms in total. The quantitative estimate of drug-likeness (QED) is 0.726. The second kappa shape index (κ2) is 6.31. The molecular weight excluding hydrogens is 254 g/mol. The second-order valence-corrected chi connectivity index (χ2v) is 7.04. The Balaban J connectivity index is 2.15. The fourth-order valence-electron chi connectivity index (χ4n) is 1.31. The average molecular weight is 275 g/mol. The topological polar surface area (TPSA) is 72.5 Å². The number of rotatable bonds is 6. The van der Waals surface area contributed by atoms with Crippen molar-refractivity contribution in [2.24, 2.45) is 0 Å². The van der Waals surface area contributed by atoms with E-state index in [9.17, 15) is 13.8 Å². The first-order valence-corrected chi connectivity index (χ1v) is 7.61. The smallest absolute Gasteiger partial charge is 0.307 e. The molecule has 1 atom stereocenters. The molecule has 1 rings (SSSR count). The summed E-state index contributed by atoms with van der Waals surface area (Å²) in [6.45, 7) is 5.35. The van der Waals surface area contributed by atoms with Gasteiger partial charge in [-0.05, 0) is 33.6 Å². The van der Waals surface area contributed by atoms with E-state index in [0.29, 0.717) is 0 Å². The fraction of sp³-hybridized carbons (Fsp3) is 0.833. The number of carbonyl (C=O) groups excluding carboxylic acids is 2. The minimum atomic E-state index is -1.30. The minimum Gasteiger partial charge on any atom is -0.460 e. The van der Waals surface area contributed by atoms with Crippen molar-refractivity contribution in [3.63, 3.8) is 0 Å². The molecule has 0 aromatic heterocycles. The summed E-state index contributed by atoms with van der Waals surface area (Å²) in [6.07, 6.45) is 2.10. The Morgan fingerprint density at radius 1 is 1.33 bits per heavy atom. The lowest BCUT2D eigenvalue weighted by Gasteiger charge is -2.19. The predicted octanol–water partition coefficient (Wildman–Crippen LogP) is 0.745. The molecule has 1 aliphatic rings. The molecule has 0 aliphatic heterocycles. The summed E-state index contributed by atoms with van der Waals surface area (Å²) in [5.74, 6) is -0.426. The van der Waals surface area contributed by atoms with Crippen LogP contribution < -0.4 is 5.32 Å². The van der Waals surface area contributed by atoms with Crippen LogP contribution >= 0.6 is 0 Å². The molecule has 0 radical (unpaired) electrons. The Hall–Kier alpha value is -0.910. The largest absolute Gasteiger partial charge is 0.460 e. The molecule has 0 aromatic rings. The van der Waals surface area contributed by atoms with Crippen LogP contribution in [0.5, 0.6) is 0 Å². The molecule has 0 aromatic carbocycles. The third-order valence-corrected chi connectivity index (χ3v) is 3.43. The lowest BCUT2D eigenvalue weighted by atomic mass is 10.2. The number of nitrogens with one attached hydrogen (secondary N) is 1. The average Bonchev–Trinajstić information content (AvgIpc) is 2.95. The molecule has 104 valence electrons. The Labute approximate surface area is 110 Å². The highest BCUT2D eigenvalue weighted by atomic mass is 32.2. The van der Waals surface area contributed by atoms with Gasteiger partial charge in [0.1, 0.15) is 11.4 Å². The first kappa shape index (κ1) is 15.1. The van der Waals surface area contributed by atoms with E-state index in [1.165, 1.54) is 0 Å². The maximum atomic E-state index is 11.6. The normalized spacial score (nSPS) is 17.1. The summed E-state index contributed by atoms with van der Waals surface area (Å²) in [6, 6.07) is 0.278. The fourth-order valence-corrected chi connectivity index (χ4v) is 2.22. The lowest BCUT2D eigenvalue weighted by Crippen LogP contribution is -2.31. The Morgan fingerprint density at radius 2 is 1.94 bits per heavy atom. The number of hydrogen-bond donors (Lipinski definition) is 1. The van der Waals surface area contributed by atoms with Gasteiger partial charge in [0.05, 0.1) is 6.42 Å². The standard InChI is InChI=1S/C12H21NO4S/c1-12(2,3)17-11(15)6-7-18(16)8-10(14)13-9-4-5-9/h9H,4-8H2,1-3H3,(H,13,14). The molecule has 0 spiro atoms. The summed E-state index contributed by atoms with van der Waals surface area (Å²) < 4.78 is 16.7. The van der Waals surface area contributed by atoms with E-state index in [2.05, 4.69) is 5.32 Å². The molecule has 0 saturated heterocycles. The van der Waals surface area contributed by atoms with Gasteiger partial charge in [0.25, 0.3) is 0 Å². The molecule has 6 heteroatoms. The van der Waals surface area contributed by atoms with E-state index >= 15 is 0 Å². The second-order valence-electron chi connectivity index (χ2n) is 5.47. The molecule has 0 bridgehead atoms. The van der Waals surface area contributed by atoms with Gasteiger partial charge in [-0.15, -0.1) is 0 Å². The van der Waals surface area contributed by atoms with Gasteiger partial charge >= 0.3 is 5.97 Å². The maximum Gasteiger partial charge on any atom is 0.307 e. The first-order valence-electron chi connectivity index (χ1n) is 6.12. The summed E-state index contributed by atoms with van der Waals surface area (Å²) in [7, 11) is -1.30. The lowest BCUT2D eigenvalue weighted by molar-refractivity contribution is -0.154. The SMILES string of the molecule is CC(C)(C)OC(=O)CCS(=O)CC(=O)NC1CC1. The van der Waals surface area contributed by atoms with Crippen LogP contribution in [0.25, 0.3) is 0 Å². The number of esters is 1. The molecule has 1 aliphatic carbocycles. The van der Waals surface area contributed by atoms with Gasteiger partial charge in [-0.3, -0.25) is 13.8 Å². The summed E-state index contributed by atoms with van der Waals surface area (Å²) in [5, 5.41) is 2.76. The zero-order valence-corrected chi connectivity index (χ0v) is 12.0. The highest BCUT2D eigenvalue weighted by molar-refractivity contribution is 7.85. The molecule has 1 fully saturated rings. The molecule has 1 N–H and O–H groups in total. The van der Waals surface area contributed by atoms with Crippen LogP contribution in [-0.2, 0) is 25.1 Å². The zero-order valence-electron chi connectivity index (χ0n) is 11.2. The Bertz CT molecular complexity index is 344. The molecule has 1 unspecified atom stereocenters. The van der Waals surface area contributed by atoms with E-state index in [1.807, 2.05) is 0 Å². The van der Waals surface area contributed by atoms with Crippen molar-refractivity contribution in [2.45, 2.75) is 51.7 Å². The van der Waals surface area contributed by atoms with Crippen LogP contribution in [0.4, 0.5) is 0 Å². The summed E-state index contributed by atoms with van der Waals surface area (Å²) >= 11 is 0. The summed E-state index contributed by atoms with van der Waals surface area (Å²) in [4.78, 5) is 22.7. The predicted molar refractivity (Wildman–Crippen MR) is 69.5 cm³/mol. The van der Waals surface area contributed by atoms with E-state index in [-0.39, 0.29) is 35.8 Å². The Morgan fingerprint density at radius 3 is 2.44 bits per heavy atom. The van der Waals surface area contributed by atoms with E-state index < -0.39 is 16.4 Å². The van der Waals surface area contributed by atoms with Crippen molar-refractivity contribution in [1.82, 2.24) is 5.32 Å². The maximum absolute atomic E-state index is 11.6. The van der Waals surface area contributed by atoms with E-state index in [1.54, 1.807) is 20.8 Å². The van der Waals surface area contributed by atoms with E-state index in [0.717, 1.165) is 12.8 Å². The number of hydrogen-bond acceptors (Lipinski definition) is 4. The third-order valence-electron chi connectivity index (χ3n) is 2.19. The third kappa shape index (κ3) is 7.42. The molecule has 1 saturated carbocycles. The van der Waals surface area contributed by atoms with E-state index in [4.69, 9.17) is 4.74 Å². The van der Waals surface area contributed by atoms with Crippen LogP contribution in [0, 0.1) is 0 Å². The van der Waals surface area contributed by atoms with Crippen molar-refractivity contribution in [2.75, 3.05) is 11.5 Å². The van der Waals surface area contributed by atoms with Gasteiger partial charge in [-0.1, -0.05) is 0 Å². The minimum absolute atomic E-state index is 0.0285. The number of amides is 1. The van der Waals surface area contributed by atoms with Crippen molar-refractivity contribution in [3.8, 4) is 0 Å². The monoisotopic (exact) mass is 275 g/mol. The van der Waals surface area contributed by atoms with Gasteiger partial charge < -0.3 is 10.1 Å². The van der Waals surface area contributed by atoms with Crippen LogP contribution in [-0.4, -0.2) is 39.2 Å². The van der Waals surface area contributed by atoms with Gasteiger partial charge in [0, 0.05) is 22.6 Å². The highest BCUT2D eigenvalue weighted by Gasteiger charge is 2.24. The van der Waals surface area contributed by atoms with Crippen LogP contribution in [0.15, 0.2) is 0 Å². The van der Waals surface area contributed by atoms with Crippen LogP contribution in [0.2, 0.25) is 0 Å². The molecule has 1 amide bonds. The zero-order chi connectivity index (χ0) is 13.8. The van der Waals surface area contributed by atoms with Crippen molar-refractivity contribution in [1.29, 1.82) is 0 Å². The molecule has 0 heterocycles.